The number of rotatable bonds is 1. The number of halogens is 1. The van der Waals surface area contributed by atoms with Crippen LogP contribution >= 0.6 is 11.6 Å². The fraction of sp³-hybridized carbons (Fsp3) is 0.571. The molecule has 2 heteroatoms. The molecule has 3 fully saturated rings. The zero-order chi connectivity index (χ0) is 11.2. The maximum absolute atomic E-state index is 10.2. The highest BCUT2D eigenvalue weighted by molar-refractivity contribution is 6.30. The van der Waals surface area contributed by atoms with Gasteiger partial charge in [0.1, 0.15) is 0 Å². The fourth-order valence-electron chi connectivity index (χ4n) is 3.40. The topological polar surface area (TPSA) is 20.2 Å². The minimum atomic E-state index is -0.339. The summed E-state index contributed by atoms with van der Waals surface area (Å²) in [6.07, 6.45) is 6.29. The van der Waals surface area contributed by atoms with E-state index in [1.807, 2.05) is 12.1 Å². The van der Waals surface area contributed by atoms with Crippen molar-refractivity contribution in [3.8, 4) is 0 Å². The van der Waals surface area contributed by atoms with Crippen LogP contribution in [0.15, 0.2) is 24.3 Å². The summed E-state index contributed by atoms with van der Waals surface area (Å²) in [5, 5.41) is 11.0. The van der Waals surface area contributed by atoms with Crippen LogP contribution in [0.4, 0.5) is 0 Å². The van der Waals surface area contributed by atoms with Crippen LogP contribution in [0.1, 0.15) is 44.1 Å². The first kappa shape index (κ1) is 10.6. The standard InChI is InChI=1S/C14H17ClO/c15-12-3-1-11(2-4-12)13-5-8-14(16,9-6-13)10-7-13/h1-4,16H,5-10H2. The molecule has 86 valence electrons. The molecule has 0 unspecified atom stereocenters. The van der Waals surface area contributed by atoms with Crippen molar-refractivity contribution < 1.29 is 5.11 Å². The fourth-order valence-corrected chi connectivity index (χ4v) is 3.53. The first-order chi connectivity index (χ1) is 7.62. The molecule has 1 N–H and O–H groups in total. The van der Waals surface area contributed by atoms with Crippen LogP contribution in [0, 0.1) is 0 Å². The molecule has 0 saturated heterocycles. The molecule has 3 aliphatic rings. The Morgan fingerprint density at radius 1 is 0.875 bits per heavy atom. The summed E-state index contributed by atoms with van der Waals surface area (Å²) in [6.45, 7) is 0. The van der Waals surface area contributed by atoms with E-state index in [1.165, 1.54) is 5.56 Å². The second kappa shape index (κ2) is 3.48. The zero-order valence-corrected chi connectivity index (χ0v) is 10.1. The van der Waals surface area contributed by atoms with Gasteiger partial charge in [-0.05, 0) is 61.6 Å². The molecule has 0 atom stereocenters. The number of hydrogen-bond acceptors (Lipinski definition) is 1. The van der Waals surface area contributed by atoms with Crippen molar-refractivity contribution in [3.05, 3.63) is 34.9 Å². The second-order valence-corrected chi connectivity index (χ2v) is 5.95. The molecule has 0 amide bonds. The lowest BCUT2D eigenvalue weighted by atomic mass is 9.56. The monoisotopic (exact) mass is 236 g/mol. The molecule has 0 aliphatic heterocycles. The van der Waals surface area contributed by atoms with Crippen LogP contribution in [-0.2, 0) is 5.41 Å². The van der Waals surface area contributed by atoms with Crippen LogP contribution < -0.4 is 0 Å². The third-order valence-electron chi connectivity index (χ3n) is 4.66. The highest BCUT2D eigenvalue weighted by Gasteiger charge is 2.48. The molecule has 1 aromatic rings. The molecule has 3 aliphatic carbocycles. The molecule has 4 rings (SSSR count). The Kier molecular flexibility index (Phi) is 2.31. The predicted molar refractivity (Wildman–Crippen MR) is 65.8 cm³/mol. The average Bonchev–Trinajstić information content (AvgIpc) is 2.31. The average molecular weight is 237 g/mol. The van der Waals surface area contributed by atoms with Gasteiger partial charge in [0.05, 0.1) is 5.60 Å². The molecule has 0 heterocycles. The van der Waals surface area contributed by atoms with Crippen LogP contribution in [-0.4, -0.2) is 10.7 Å². The Bertz CT molecular complexity index is 371. The van der Waals surface area contributed by atoms with E-state index in [-0.39, 0.29) is 5.60 Å². The number of fused-ring (bicyclic) bond motifs is 3. The van der Waals surface area contributed by atoms with Crippen LogP contribution in [0.5, 0.6) is 0 Å². The highest BCUT2D eigenvalue weighted by atomic mass is 35.5. The van der Waals surface area contributed by atoms with E-state index in [2.05, 4.69) is 12.1 Å². The lowest BCUT2D eigenvalue weighted by Crippen LogP contribution is -2.48. The zero-order valence-electron chi connectivity index (χ0n) is 9.38. The number of hydrogen-bond donors (Lipinski definition) is 1. The summed E-state index contributed by atoms with van der Waals surface area (Å²) in [5.74, 6) is 0. The van der Waals surface area contributed by atoms with Crippen molar-refractivity contribution in [3.63, 3.8) is 0 Å². The predicted octanol–water partition coefficient (Wildman–Crippen LogP) is 3.68. The van der Waals surface area contributed by atoms with Gasteiger partial charge in [-0.15, -0.1) is 0 Å². The van der Waals surface area contributed by atoms with Gasteiger partial charge in [-0.3, -0.25) is 0 Å². The Morgan fingerprint density at radius 2 is 1.38 bits per heavy atom. The van der Waals surface area contributed by atoms with Gasteiger partial charge >= 0.3 is 0 Å². The van der Waals surface area contributed by atoms with Crippen LogP contribution in [0.25, 0.3) is 0 Å². The quantitative estimate of drug-likeness (QED) is 0.789. The number of aliphatic hydroxyl groups is 1. The molecule has 0 spiro atoms. The van der Waals surface area contributed by atoms with Gasteiger partial charge in [0, 0.05) is 5.02 Å². The summed E-state index contributed by atoms with van der Waals surface area (Å²) in [5.41, 5.74) is 1.40. The summed E-state index contributed by atoms with van der Waals surface area (Å²) < 4.78 is 0. The van der Waals surface area contributed by atoms with Gasteiger partial charge in [-0.25, -0.2) is 0 Å². The molecular formula is C14H17ClO. The smallest absolute Gasteiger partial charge is 0.0648 e. The van der Waals surface area contributed by atoms with E-state index in [0.717, 1.165) is 43.5 Å². The largest absolute Gasteiger partial charge is 0.390 e. The molecular weight excluding hydrogens is 220 g/mol. The first-order valence-corrected chi connectivity index (χ1v) is 6.48. The van der Waals surface area contributed by atoms with E-state index in [4.69, 9.17) is 11.6 Å². The Morgan fingerprint density at radius 3 is 1.88 bits per heavy atom. The van der Waals surface area contributed by atoms with E-state index in [1.54, 1.807) is 0 Å². The normalized spacial score (nSPS) is 37.6. The molecule has 2 bridgehead atoms. The summed E-state index contributed by atoms with van der Waals surface area (Å²) in [7, 11) is 0. The Balaban J connectivity index is 1.92. The SMILES string of the molecule is OC12CCC(c3ccc(Cl)cc3)(CC1)CC2. The third kappa shape index (κ3) is 1.57. The van der Waals surface area contributed by atoms with Crippen molar-refractivity contribution in [2.45, 2.75) is 49.5 Å². The highest BCUT2D eigenvalue weighted by Crippen LogP contribution is 2.53. The lowest BCUT2D eigenvalue weighted by Gasteiger charge is -2.51. The second-order valence-electron chi connectivity index (χ2n) is 5.51. The molecule has 1 aromatic carbocycles. The minimum absolute atomic E-state index is 0.328. The molecule has 16 heavy (non-hydrogen) atoms. The Hall–Kier alpha value is -0.530. The van der Waals surface area contributed by atoms with E-state index in [9.17, 15) is 5.11 Å². The van der Waals surface area contributed by atoms with Crippen molar-refractivity contribution in [2.24, 2.45) is 0 Å². The van der Waals surface area contributed by atoms with Gasteiger partial charge in [-0.1, -0.05) is 23.7 Å². The van der Waals surface area contributed by atoms with Crippen molar-refractivity contribution >= 4 is 11.6 Å². The van der Waals surface area contributed by atoms with Crippen molar-refractivity contribution in [2.75, 3.05) is 0 Å². The van der Waals surface area contributed by atoms with Crippen LogP contribution in [0.2, 0.25) is 5.02 Å². The van der Waals surface area contributed by atoms with Gasteiger partial charge in [-0.2, -0.15) is 0 Å². The molecule has 1 nitrogen and oxygen atoms in total. The molecule has 0 radical (unpaired) electrons. The van der Waals surface area contributed by atoms with Gasteiger partial charge < -0.3 is 5.11 Å². The minimum Gasteiger partial charge on any atom is -0.390 e. The summed E-state index contributed by atoms with van der Waals surface area (Å²) in [4.78, 5) is 0. The molecule has 3 saturated carbocycles. The maximum atomic E-state index is 10.2. The van der Waals surface area contributed by atoms with E-state index in [0.29, 0.717) is 5.41 Å². The lowest BCUT2D eigenvalue weighted by molar-refractivity contribution is -0.0660. The third-order valence-corrected chi connectivity index (χ3v) is 4.92. The summed E-state index contributed by atoms with van der Waals surface area (Å²) >= 11 is 5.93. The van der Waals surface area contributed by atoms with Crippen LogP contribution in [0.3, 0.4) is 0 Å². The van der Waals surface area contributed by atoms with E-state index < -0.39 is 0 Å². The molecule has 0 aromatic heterocycles. The van der Waals surface area contributed by atoms with Crippen molar-refractivity contribution in [1.82, 2.24) is 0 Å². The Labute approximate surface area is 101 Å². The van der Waals surface area contributed by atoms with E-state index >= 15 is 0 Å². The first-order valence-electron chi connectivity index (χ1n) is 6.11. The van der Waals surface area contributed by atoms with Gasteiger partial charge in [0.15, 0.2) is 0 Å². The van der Waals surface area contributed by atoms with Gasteiger partial charge in [0.2, 0.25) is 0 Å². The number of benzene rings is 1. The van der Waals surface area contributed by atoms with Crippen molar-refractivity contribution in [1.29, 1.82) is 0 Å². The maximum Gasteiger partial charge on any atom is 0.0648 e. The van der Waals surface area contributed by atoms with Gasteiger partial charge in [0.25, 0.3) is 0 Å². The summed E-state index contributed by atoms with van der Waals surface area (Å²) in [6, 6.07) is 8.30.